The number of H-pyrrole nitrogens is 1. The molecule has 37 heavy (non-hydrogen) atoms. The highest BCUT2D eigenvalue weighted by atomic mass is 35.5. The molecule has 0 saturated heterocycles. The van der Waals surface area contributed by atoms with E-state index in [1.807, 2.05) is 0 Å². The summed E-state index contributed by atoms with van der Waals surface area (Å²) in [5.74, 6) is -0.784. The van der Waals surface area contributed by atoms with E-state index in [2.05, 4.69) is 10.1 Å². The molecule has 8 nitrogen and oxygen atoms in total. The molecule has 2 N–H and O–H groups in total. The van der Waals surface area contributed by atoms with Gasteiger partial charge in [-0.05, 0) is 51.0 Å². The third-order valence-corrected chi connectivity index (χ3v) is 7.46. The smallest absolute Gasteiger partial charge is 0.335 e. The summed E-state index contributed by atoms with van der Waals surface area (Å²) in [7, 11) is 0. The fourth-order valence-electron chi connectivity index (χ4n) is 4.32. The Morgan fingerprint density at radius 1 is 1.11 bits per heavy atom. The molecule has 11 heteroatoms. The molecular weight excluding hydrogens is 539 g/mol. The van der Waals surface area contributed by atoms with Crippen molar-refractivity contribution in [3.63, 3.8) is 0 Å². The van der Waals surface area contributed by atoms with Gasteiger partial charge in [0.05, 0.1) is 33.8 Å². The van der Waals surface area contributed by atoms with Gasteiger partial charge in [-0.15, -0.1) is 34.8 Å². The average molecular weight is 564 g/mol. The Labute approximate surface area is 228 Å². The van der Waals surface area contributed by atoms with Crippen molar-refractivity contribution >= 4 is 52.5 Å². The molecule has 1 fully saturated rings. The van der Waals surface area contributed by atoms with Gasteiger partial charge in [0.1, 0.15) is 5.56 Å². The maximum absolute atomic E-state index is 13.1. The number of hydrogen-bond acceptors (Lipinski definition) is 5. The summed E-state index contributed by atoms with van der Waals surface area (Å²) >= 11 is 19.2. The van der Waals surface area contributed by atoms with Crippen LogP contribution >= 0.6 is 34.8 Å². The molecule has 2 heterocycles. The maximum Gasteiger partial charge on any atom is 0.335 e. The van der Waals surface area contributed by atoms with E-state index in [9.17, 15) is 19.5 Å². The number of amides is 1. The molecule has 1 aliphatic heterocycles. The first kappa shape index (κ1) is 27.0. The Balaban J connectivity index is 1.57. The zero-order valence-corrected chi connectivity index (χ0v) is 22.3. The summed E-state index contributed by atoms with van der Waals surface area (Å²) in [6, 6.07) is 8.00. The Morgan fingerprint density at radius 3 is 2.41 bits per heavy atom. The van der Waals surface area contributed by atoms with Gasteiger partial charge in [0.15, 0.2) is 0 Å². The second-order valence-electron chi connectivity index (χ2n) is 8.92. The van der Waals surface area contributed by atoms with Gasteiger partial charge in [-0.2, -0.15) is 5.10 Å². The normalized spacial score (nSPS) is 25.8. The third kappa shape index (κ3) is 5.61. The van der Waals surface area contributed by atoms with Gasteiger partial charge in [-0.1, -0.05) is 35.9 Å². The molecule has 2 aromatic rings. The predicted molar refractivity (Wildman–Crippen MR) is 147 cm³/mol. The SMILES string of the molecule is CC1=NN(C2C(Cl)CC(Cl)CC2Cl)C(=O)\C1=C/C=C(C)/C=C/c1c(O)n(-c2ccccc2)c(=O)[nH]c1=O. The van der Waals surface area contributed by atoms with Crippen LogP contribution in [0.3, 0.4) is 0 Å². The van der Waals surface area contributed by atoms with Crippen LogP contribution in [0, 0.1) is 0 Å². The molecule has 1 aromatic carbocycles. The number of aromatic hydroxyl groups is 1. The lowest BCUT2D eigenvalue weighted by atomic mass is 9.93. The zero-order chi connectivity index (χ0) is 26.9. The Kier molecular flexibility index (Phi) is 8.11. The molecule has 0 radical (unpaired) electrons. The van der Waals surface area contributed by atoms with Crippen LogP contribution in [-0.2, 0) is 4.79 Å². The summed E-state index contributed by atoms with van der Waals surface area (Å²) in [6.07, 6.45) is 7.38. The van der Waals surface area contributed by atoms with Crippen LogP contribution in [0.5, 0.6) is 5.88 Å². The van der Waals surface area contributed by atoms with Crippen molar-refractivity contribution in [2.24, 2.45) is 5.10 Å². The van der Waals surface area contributed by atoms with Crippen molar-refractivity contribution in [1.82, 2.24) is 14.6 Å². The minimum Gasteiger partial charge on any atom is -0.494 e. The van der Waals surface area contributed by atoms with Gasteiger partial charge in [0.25, 0.3) is 11.5 Å². The van der Waals surface area contributed by atoms with Crippen LogP contribution in [0.4, 0.5) is 0 Å². The van der Waals surface area contributed by atoms with Crippen molar-refractivity contribution in [2.75, 3.05) is 0 Å². The lowest BCUT2D eigenvalue weighted by Crippen LogP contribution is -2.50. The number of hydrazone groups is 1. The average Bonchev–Trinajstić information content (AvgIpc) is 3.10. The van der Waals surface area contributed by atoms with Gasteiger partial charge in [-0.3, -0.25) is 14.6 Å². The molecule has 194 valence electrons. The number of alkyl halides is 3. The van der Waals surface area contributed by atoms with E-state index in [1.165, 1.54) is 11.1 Å². The van der Waals surface area contributed by atoms with Crippen LogP contribution in [0.1, 0.15) is 32.3 Å². The summed E-state index contributed by atoms with van der Waals surface area (Å²) in [5.41, 5.74) is 0.454. The molecule has 2 unspecified atom stereocenters. The molecule has 0 spiro atoms. The number of nitrogens with zero attached hydrogens (tertiary/aromatic N) is 3. The van der Waals surface area contributed by atoms with E-state index >= 15 is 0 Å². The van der Waals surface area contributed by atoms with E-state index in [-0.39, 0.29) is 16.8 Å². The number of rotatable bonds is 5. The highest BCUT2D eigenvalue weighted by molar-refractivity contribution is 6.29. The number of carbonyl (C=O) groups is 1. The fraction of sp³-hybridized carbons (Fsp3) is 0.308. The van der Waals surface area contributed by atoms with Gasteiger partial charge >= 0.3 is 5.69 Å². The number of carbonyl (C=O) groups excluding carboxylic acids is 1. The Bertz CT molecular complexity index is 1430. The number of halogens is 3. The van der Waals surface area contributed by atoms with Crippen molar-refractivity contribution in [2.45, 2.75) is 48.9 Å². The molecule has 0 bridgehead atoms. The van der Waals surface area contributed by atoms with E-state index in [0.29, 0.717) is 35.4 Å². The van der Waals surface area contributed by atoms with Crippen molar-refractivity contribution < 1.29 is 9.90 Å². The summed E-state index contributed by atoms with van der Waals surface area (Å²) in [6.45, 7) is 3.49. The van der Waals surface area contributed by atoms with Crippen LogP contribution in [0.25, 0.3) is 11.8 Å². The lowest BCUT2D eigenvalue weighted by Gasteiger charge is -2.37. The van der Waals surface area contributed by atoms with Crippen molar-refractivity contribution in [3.8, 4) is 11.6 Å². The third-order valence-electron chi connectivity index (χ3n) is 6.23. The topological polar surface area (TPSA) is 108 Å². The molecule has 2 aliphatic rings. The predicted octanol–water partition coefficient (Wildman–Crippen LogP) is 4.32. The first-order chi connectivity index (χ1) is 17.6. The molecular formula is C26H25Cl3N4O4. The molecule has 1 saturated carbocycles. The van der Waals surface area contributed by atoms with Crippen LogP contribution in [0.15, 0.2) is 74.4 Å². The highest BCUT2D eigenvalue weighted by Gasteiger charge is 2.44. The van der Waals surface area contributed by atoms with Gasteiger partial charge in [-0.25, -0.2) is 14.4 Å². The molecule has 1 amide bonds. The first-order valence-corrected chi connectivity index (χ1v) is 12.9. The van der Waals surface area contributed by atoms with Gasteiger partial charge in [0, 0.05) is 5.38 Å². The van der Waals surface area contributed by atoms with E-state index in [1.54, 1.807) is 62.4 Å². The zero-order valence-electron chi connectivity index (χ0n) is 20.1. The highest BCUT2D eigenvalue weighted by Crippen LogP contribution is 2.36. The number of benzene rings is 1. The number of aromatic amines is 1. The number of para-hydroxylation sites is 1. The van der Waals surface area contributed by atoms with E-state index < -0.39 is 33.9 Å². The summed E-state index contributed by atoms with van der Waals surface area (Å²) in [4.78, 5) is 40.0. The molecule has 1 aromatic heterocycles. The van der Waals surface area contributed by atoms with Crippen molar-refractivity contribution in [1.29, 1.82) is 0 Å². The standard InChI is InChI=1S/C26H25Cl3N4O4/c1-14(9-11-19-23(34)30-26(37)32(24(19)35)17-6-4-3-5-7-17)8-10-18-15(2)31-33(25(18)36)22-20(28)12-16(27)13-21(22)29/h3-11,16,20-22,35H,12-13H2,1-2H3,(H,30,34,37)/b11-9+,14-8+,18-10-. The number of hydrogen-bond donors (Lipinski definition) is 2. The Morgan fingerprint density at radius 2 is 1.76 bits per heavy atom. The lowest BCUT2D eigenvalue weighted by molar-refractivity contribution is -0.128. The minimum absolute atomic E-state index is 0.0825. The van der Waals surface area contributed by atoms with Gasteiger partial charge in [0.2, 0.25) is 5.88 Å². The molecule has 4 rings (SSSR count). The summed E-state index contributed by atoms with van der Waals surface area (Å²) < 4.78 is 1.01. The summed E-state index contributed by atoms with van der Waals surface area (Å²) in [5, 5.41) is 15.4. The first-order valence-electron chi connectivity index (χ1n) is 11.6. The van der Waals surface area contributed by atoms with Crippen LogP contribution in [-0.4, -0.2) is 53.5 Å². The van der Waals surface area contributed by atoms with Crippen LogP contribution < -0.4 is 11.2 Å². The number of aromatic nitrogens is 2. The van der Waals surface area contributed by atoms with E-state index in [0.717, 1.165) is 4.57 Å². The largest absolute Gasteiger partial charge is 0.494 e. The quantitative estimate of drug-likeness (QED) is 0.321. The van der Waals surface area contributed by atoms with Crippen molar-refractivity contribution in [3.05, 3.63) is 86.1 Å². The second-order valence-corrected chi connectivity index (χ2v) is 10.7. The molecule has 1 aliphatic carbocycles. The number of allylic oxidation sites excluding steroid dienone is 4. The Hall–Kier alpha value is -3.07. The van der Waals surface area contributed by atoms with Gasteiger partial charge < -0.3 is 5.11 Å². The monoisotopic (exact) mass is 562 g/mol. The molecule has 2 atom stereocenters. The fourth-order valence-corrected chi connectivity index (χ4v) is 5.96. The number of nitrogens with one attached hydrogen (secondary N) is 1. The van der Waals surface area contributed by atoms with Crippen LogP contribution in [0.2, 0.25) is 0 Å². The minimum atomic E-state index is -0.750. The van der Waals surface area contributed by atoms with E-state index in [4.69, 9.17) is 34.8 Å². The maximum atomic E-state index is 13.1. The second kappa shape index (κ2) is 11.1.